The van der Waals surface area contributed by atoms with Crippen molar-refractivity contribution in [2.24, 2.45) is 5.92 Å². The Bertz CT molecular complexity index is 623. The summed E-state index contributed by atoms with van der Waals surface area (Å²) in [5.41, 5.74) is 2.49. The van der Waals surface area contributed by atoms with Crippen molar-refractivity contribution in [3.05, 3.63) is 36.0 Å². The second-order valence-electron chi connectivity index (χ2n) is 4.95. The van der Waals surface area contributed by atoms with E-state index in [1.165, 1.54) is 12.8 Å². The molecule has 1 atom stereocenters. The summed E-state index contributed by atoms with van der Waals surface area (Å²) in [4.78, 5) is 4.32. The van der Waals surface area contributed by atoms with Gasteiger partial charge in [0.2, 0.25) is 0 Å². The van der Waals surface area contributed by atoms with E-state index in [1.54, 1.807) is 6.20 Å². The van der Waals surface area contributed by atoms with Gasteiger partial charge in [-0.25, -0.2) is 0 Å². The van der Waals surface area contributed by atoms with Crippen LogP contribution in [0.5, 0.6) is 0 Å². The third-order valence-corrected chi connectivity index (χ3v) is 3.60. The van der Waals surface area contributed by atoms with Crippen LogP contribution in [0.25, 0.3) is 10.9 Å². The van der Waals surface area contributed by atoms with Gasteiger partial charge in [-0.2, -0.15) is 5.26 Å². The average molecular weight is 237 g/mol. The maximum atomic E-state index is 9.22. The molecule has 3 nitrogen and oxygen atoms in total. The minimum atomic E-state index is 0.419. The summed E-state index contributed by atoms with van der Waals surface area (Å²) in [6.45, 7) is 2.19. The van der Waals surface area contributed by atoms with Crippen molar-refractivity contribution < 1.29 is 0 Å². The Labute approximate surface area is 106 Å². The summed E-state index contributed by atoms with van der Waals surface area (Å²) in [6, 6.07) is 10.6. The van der Waals surface area contributed by atoms with Gasteiger partial charge in [-0.05, 0) is 31.7 Å². The molecule has 90 valence electrons. The van der Waals surface area contributed by atoms with E-state index in [-0.39, 0.29) is 0 Å². The number of rotatable bonds is 3. The molecule has 2 aromatic rings. The lowest BCUT2D eigenvalue weighted by atomic mass is 10.1. The molecule has 0 bridgehead atoms. The normalized spacial score (nSPS) is 16.2. The topological polar surface area (TPSA) is 48.7 Å². The lowest BCUT2D eigenvalue weighted by molar-refractivity contribution is 0.695. The van der Waals surface area contributed by atoms with Crippen LogP contribution in [0.15, 0.2) is 30.5 Å². The van der Waals surface area contributed by atoms with Crippen LogP contribution in [0, 0.1) is 17.2 Å². The number of para-hydroxylation sites is 1. The Balaban J connectivity index is 2.08. The molecule has 1 aliphatic rings. The van der Waals surface area contributed by atoms with Gasteiger partial charge in [0, 0.05) is 17.6 Å². The molecule has 0 spiro atoms. The van der Waals surface area contributed by atoms with Crippen LogP contribution in [0.1, 0.15) is 25.3 Å². The molecule has 1 saturated carbocycles. The number of nitrogens with one attached hydrogen (secondary N) is 1. The number of benzene rings is 1. The number of anilines is 1. The van der Waals surface area contributed by atoms with Crippen molar-refractivity contribution in [1.29, 1.82) is 5.26 Å². The van der Waals surface area contributed by atoms with Gasteiger partial charge < -0.3 is 5.32 Å². The first-order valence-electron chi connectivity index (χ1n) is 6.34. The fourth-order valence-electron chi connectivity index (χ4n) is 2.32. The van der Waals surface area contributed by atoms with Crippen LogP contribution in [0.4, 0.5) is 5.69 Å². The van der Waals surface area contributed by atoms with Crippen LogP contribution in [0.3, 0.4) is 0 Å². The van der Waals surface area contributed by atoms with Crippen LogP contribution in [-0.4, -0.2) is 11.0 Å². The van der Waals surface area contributed by atoms with Crippen molar-refractivity contribution in [1.82, 2.24) is 4.98 Å². The molecular weight excluding hydrogens is 222 g/mol. The molecule has 1 heterocycles. The molecule has 0 aliphatic heterocycles. The second-order valence-corrected chi connectivity index (χ2v) is 4.95. The summed E-state index contributed by atoms with van der Waals surface area (Å²) in [6.07, 6.45) is 4.24. The molecule has 3 rings (SSSR count). The highest BCUT2D eigenvalue weighted by molar-refractivity contribution is 5.93. The van der Waals surface area contributed by atoms with E-state index in [1.807, 2.05) is 24.3 Å². The molecule has 1 fully saturated rings. The van der Waals surface area contributed by atoms with E-state index in [9.17, 15) is 5.26 Å². The zero-order chi connectivity index (χ0) is 12.5. The molecule has 1 unspecified atom stereocenters. The van der Waals surface area contributed by atoms with Gasteiger partial charge in [0.1, 0.15) is 6.07 Å². The summed E-state index contributed by atoms with van der Waals surface area (Å²) in [7, 11) is 0. The van der Waals surface area contributed by atoms with E-state index in [4.69, 9.17) is 0 Å². The maximum Gasteiger partial charge on any atom is 0.103 e. The quantitative estimate of drug-likeness (QED) is 0.890. The fraction of sp³-hybridized carbons (Fsp3) is 0.333. The zero-order valence-corrected chi connectivity index (χ0v) is 10.4. The largest absolute Gasteiger partial charge is 0.381 e. The minimum absolute atomic E-state index is 0.419. The van der Waals surface area contributed by atoms with Gasteiger partial charge >= 0.3 is 0 Å². The molecular formula is C15H15N3. The summed E-state index contributed by atoms with van der Waals surface area (Å²) in [5, 5.41) is 13.8. The summed E-state index contributed by atoms with van der Waals surface area (Å²) in [5.74, 6) is 0.753. The van der Waals surface area contributed by atoms with Crippen molar-refractivity contribution in [2.75, 3.05) is 5.32 Å². The summed E-state index contributed by atoms with van der Waals surface area (Å²) < 4.78 is 0. The van der Waals surface area contributed by atoms with Crippen LogP contribution in [0.2, 0.25) is 0 Å². The van der Waals surface area contributed by atoms with Gasteiger partial charge in [-0.1, -0.05) is 18.2 Å². The van der Waals surface area contributed by atoms with Crippen molar-refractivity contribution in [2.45, 2.75) is 25.8 Å². The Morgan fingerprint density at radius 3 is 2.89 bits per heavy atom. The van der Waals surface area contributed by atoms with E-state index in [0.29, 0.717) is 11.6 Å². The Hall–Kier alpha value is -2.08. The number of hydrogen-bond donors (Lipinski definition) is 1. The molecule has 1 aromatic carbocycles. The standard InChI is InChI=1S/C15H15N3/c1-10(11-6-7-11)18-15-12(8-16)9-17-14-5-3-2-4-13(14)15/h2-5,9-11H,6-7H2,1H3,(H,17,18). The lowest BCUT2D eigenvalue weighted by Gasteiger charge is -2.17. The summed E-state index contributed by atoms with van der Waals surface area (Å²) >= 11 is 0. The Kier molecular flexibility index (Phi) is 2.64. The van der Waals surface area contributed by atoms with Crippen LogP contribution in [-0.2, 0) is 0 Å². The van der Waals surface area contributed by atoms with E-state index < -0.39 is 0 Å². The van der Waals surface area contributed by atoms with Gasteiger partial charge in [0.15, 0.2) is 0 Å². The zero-order valence-electron chi connectivity index (χ0n) is 10.4. The minimum Gasteiger partial charge on any atom is -0.381 e. The first kappa shape index (κ1) is 11.0. The average Bonchev–Trinajstić information content (AvgIpc) is 3.23. The maximum absolute atomic E-state index is 9.22. The van der Waals surface area contributed by atoms with E-state index in [0.717, 1.165) is 22.5 Å². The third-order valence-electron chi connectivity index (χ3n) is 3.60. The molecule has 0 radical (unpaired) electrons. The first-order chi connectivity index (χ1) is 8.79. The molecule has 0 saturated heterocycles. The number of nitriles is 1. The highest BCUT2D eigenvalue weighted by Gasteiger charge is 2.28. The molecule has 18 heavy (non-hydrogen) atoms. The number of fused-ring (bicyclic) bond motifs is 1. The SMILES string of the molecule is CC(Nc1c(C#N)cnc2ccccc12)C1CC1. The molecule has 0 amide bonds. The molecule has 1 aliphatic carbocycles. The fourth-order valence-corrected chi connectivity index (χ4v) is 2.32. The van der Waals surface area contributed by atoms with Crippen LogP contribution < -0.4 is 5.32 Å². The monoisotopic (exact) mass is 237 g/mol. The third kappa shape index (κ3) is 1.91. The smallest absolute Gasteiger partial charge is 0.103 e. The van der Waals surface area contributed by atoms with Gasteiger partial charge in [0.25, 0.3) is 0 Å². The predicted octanol–water partition coefficient (Wildman–Crippen LogP) is 3.32. The van der Waals surface area contributed by atoms with E-state index >= 15 is 0 Å². The number of aromatic nitrogens is 1. The number of pyridine rings is 1. The second kappa shape index (κ2) is 4.30. The highest BCUT2D eigenvalue weighted by atomic mass is 14.9. The Morgan fingerprint density at radius 2 is 2.17 bits per heavy atom. The molecule has 3 heteroatoms. The molecule has 1 N–H and O–H groups in total. The molecule has 1 aromatic heterocycles. The number of nitrogens with zero attached hydrogens (tertiary/aromatic N) is 2. The van der Waals surface area contributed by atoms with Gasteiger partial charge in [-0.15, -0.1) is 0 Å². The predicted molar refractivity (Wildman–Crippen MR) is 72.3 cm³/mol. The van der Waals surface area contributed by atoms with Crippen molar-refractivity contribution >= 4 is 16.6 Å². The first-order valence-corrected chi connectivity index (χ1v) is 6.34. The van der Waals surface area contributed by atoms with E-state index in [2.05, 4.69) is 23.3 Å². The van der Waals surface area contributed by atoms with Gasteiger partial charge in [-0.3, -0.25) is 4.98 Å². The van der Waals surface area contributed by atoms with Gasteiger partial charge in [0.05, 0.1) is 16.8 Å². The highest BCUT2D eigenvalue weighted by Crippen LogP contribution is 2.35. The lowest BCUT2D eigenvalue weighted by Crippen LogP contribution is -2.18. The van der Waals surface area contributed by atoms with Crippen LogP contribution >= 0.6 is 0 Å². The number of hydrogen-bond acceptors (Lipinski definition) is 3. The Morgan fingerprint density at radius 1 is 1.39 bits per heavy atom. The van der Waals surface area contributed by atoms with Crippen molar-refractivity contribution in [3.63, 3.8) is 0 Å². The van der Waals surface area contributed by atoms with Crippen molar-refractivity contribution in [3.8, 4) is 6.07 Å².